The number of anilines is 4. The van der Waals surface area contributed by atoms with Gasteiger partial charge in [-0.25, -0.2) is 22.1 Å². The summed E-state index contributed by atoms with van der Waals surface area (Å²) in [5.74, 6) is 1.57. The Balaban J connectivity index is 1.20. The summed E-state index contributed by atoms with van der Waals surface area (Å²) in [6, 6.07) is 12.9. The van der Waals surface area contributed by atoms with Crippen LogP contribution in [0.2, 0.25) is 0 Å². The van der Waals surface area contributed by atoms with Crippen molar-refractivity contribution in [3.05, 3.63) is 71.2 Å². The third-order valence-corrected chi connectivity index (χ3v) is 7.97. The number of sulfonamides is 1. The molecule has 1 aliphatic carbocycles. The molecule has 1 saturated heterocycles. The van der Waals surface area contributed by atoms with Gasteiger partial charge in [0.05, 0.1) is 18.6 Å². The van der Waals surface area contributed by atoms with Crippen LogP contribution in [0.4, 0.5) is 27.5 Å². The predicted molar refractivity (Wildman–Crippen MR) is 143 cm³/mol. The molecular weight excluding hydrogens is 493 g/mol. The molecule has 5 rings (SSSR count). The fourth-order valence-electron chi connectivity index (χ4n) is 4.68. The molecule has 0 amide bonds. The maximum atomic E-state index is 15.0. The highest BCUT2D eigenvalue weighted by Gasteiger charge is 2.25. The summed E-state index contributed by atoms with van der Waals surface area (Å²) in [6.07, 6.45) is 7.08. The van der Waals surface area contributed by atoms with Crippen molar-refractivity contribution in [2.75, 3.05) is 36.6 Å². The largest absolute Gasteiger partial charge is 0.493 e. The van der Waals surface area contributed by atoms with Crippen LogP contribution >= 0.6 is 0 Å². The van der Waals surface area contributed by atoms with Gasteiger partial charge < -0.3 is 15.4 Å². The van der Waals surface area contributed by atoms with Crippen LogP contribution in [-0.4, -0.2) is 48.6 Å². The lowest BCUT2D eigenvalue weighted by atomic mass is 9.99. The van der Waals surface area contributed by atoms with E-state index in [-0.39, 0.29) is 5.82 Å². The number of hydrogen-bond acceptors (Lipinski definition) is 7. The smallest absolute Gasteiger partial charge is 0.229 e. The number of nitrogens with one attached hydrogen (secondary N) is 2. The van der Waals surface area contributed by atoms with Crippen molar-refractivity contribution in [3.8, 4) is 5.75 Å². The number of fused-ring (bicyclic) bond motifs is 1. The Labute approximate surface area is 216 Å². The van der Waals surface area contributed by atoms with Crippen molar-refractivity contribution in [2.24, 2.45) is 5.92 Å². The topological polar surface area (TPSA) is 96.5 Å². The summed E-state index contributed by atoms with van der Waals surface area (Å²) in [4.78, 5) is 8.76. The molecule has 37 heavy (non-hydrogen) atoms. The molecule has 0 saturated carbocycles. The van der Waals surface area contributed by atoms with E-state index in [0.29, 0.717) is 54.4 Å². The zero-order chi connectivity index (χ0) is 26.0. The summed E-state index contributed by atoms with van der Waals surface area (Å²) in [5.41, 5.74) is 3.89. The standard InChI is InChI=1S/C27H30FN5O3S/c1-18-14-20-6-7-24(26(28)23(20)15-18)31-25-8-11-29-27(32-25)30-21-4-3-5-22(16-21)36-17-19-9-12-33(13-10-19)37(2,34)35/h3-8,11,15-16,19H,9-10,12-14,17H2,1-2H3,(H2,29,30,31,32). The lowest BCUT2D eigenvalue weighted by Crippen LogP contribution is -2.39. The van der Waals surface area contributed by atoms with Crippen molar-refractivity contribution in [1.82, 2.24) is 14.3 Å². The fourth-order valence-corrected chi connectivity index (χ4v) is 5.55. The monoisotopic (exact) mass is 523 g/mol. The third-order valence-electron chi connectivity index (χ3n) is 6.67. The molecular formula is C27H30FN5O3S. The quantitative estimate of drug-likeness (QED) is 0.423. The van der Waals surface area contributed by atoms with Gasteiger partial charge in [-0.3, -0.25) is 0 Å². The molecule has 0 radical (unpaired) electrons. The summed E-state index contributed by atoms with van der Waals surface area (Å²) in [7, 11) is -3.13. The molecule has 2 N–H and O–H groups in total. The Morgan fingerprint density at radius 3 is 2.73 bits per heavy atom. The minimum Gasteiger partial charge on any atom is -0.493 e. The first-order valence-corrected chi connectivity index (χ1v) is 14.1. The van der Waals surface area contributed by atoms with E-state index in [9.17, 15) is 12.8 Å². The molecule has 2 aliphatic rings. The summed E-state index contributed by atoms with van der Waals surface area (Å²) < 4.78 is 45.9. The van der Waals surface area contributed by atoms with Gasteiger partial charge in [0.1, 0.15) is 11.6 Å². The number of nitrogens with zero attached hydrogens (tertiary/aromatic N) is 3. The van der Waals surface area contributed by atoms with E-state index in [1.165, 1.54) is 10.6 Å². The average Bonchev–Trinajstić information content (AvgIpc) is 3.26. The number of rotatable bonds is 8. The maximum absolute atomic E-state index is 15.0. The zero-order valence-corrected chi connectivity index (χ0v) is 21.7. The van der Waals surface area contributed by atoms with Gasteiger partial charge >= 0.3 is 0 Å². The van der Waals surface area contributed by atoms with E-state index in [1.54, 1.807) is 18.3 Å². The number of allylic oxidation sites excluding steroid dienone is 1. The normalized spacial score (nSPS) is 16.2. The number of benzene rings is 2. The van der Waals surface area contributed by atoms with E-state index in [4.69, 9.17) is 4.74 Å². The molecule has 8 nitrogen and oxygen atoms in total. The van der Waals surface area contributed by atoms with Crippen LogP contribution in [0.3, 0.4) is 0 Å². The minimum atomic E-state index is -3.13. The number of halogens is 1. The molecule has 194 valence electrons. The number of piperidine rings is 1. The van der Waals surface area contributed by atoms with Gasteiger partial charge in [0, 0.05) is 36.6 Å². The van der Waals surface area contributed by atoms with E-state index in [2.05, 4.69) is 20.6 Å². The molecule has 3 aromatic rings. The number of aromatic nitrogens is 2. The molecule has 0 bridgehead atoms. The highest BCUT2D eigenvalue weighted by Crippen LogP contribution is 2.32. The van der Waals surface area contributed by atoms with Crippen molar-refractivity contribution in [3.63, 3.8) is 0 Å². The SMILES string of the molecule is CC1=Cc2c(ccc(Nc3ccnc(Nc4cccc(OCC5CCN(S(C)(=O)=O)CC5)c4)n3)c2F)C1. The van der Waals surface area contributed by atoms with Gasteiger partial charge in [0.15, 0.2) is 5.82 Å². The van der Waals surface area contributed by atoms with E-state index >= 15 is 0 Å². The second kappa shape index (κ2) is 10.5. The second-order valence-electron chi connectivity index (χ2n) is 9.63. The fraction of sp³-hybridized carbons (Fsp3) is 0.333. The Morgan fingerprint density at radius 1 is 1.14 bits per heavy atom. The Hall–Kier alpha value is -3.50. The van der Waals surface area contributed by atoms with Crippen LogP contribution < -0.4 is 15.4 Å². The molecule has 10 heteroatoms. The first-order chi connectivity index (χ1) is 17.7. The molecule has 2 heterocycles. The van der Waals surface area contributed by atoms with E-state index in [1.807, 2.05) is 43.3 Å². The first-order valence-electron chi connectivity index (χ1n) is 12.3. The van der Waals surface area contributed by atoms with Crippen LogP contribution in [-0.2, 0) is 16.4 Å². The summed E-state index contributed by atoms with van der Waals surface area (Å²) in [5, 5.41) is 6.24. The zero-order valence-electron chi connectivity index (χ0n) is 20.9. The molecule has 0 unspecified atom stereocenters. The molecule has 0 atom stereocenters. The van der Waals surface area contributed by atoms with E-state index < -0.39 is 10.0 Å². The lowest BCUT2D eigenvalue weighted by molar-refractivity contribution is 0.186. The molecule has 1 aliphatic heterocycles. The van der Waals surface area contributed by atoms with Crippen molar-refractivity contribution >= 4 is 39.2 Å². The lowest BCUT2D eigenvalue weighted by Gasteiger charge is -2.30. The van der Waals surface area contributed by atoms with Gasteiger partial charge in [0.25, 0.3) is 0 Å². The molecule has 1 fully saturated rings. The summed E-state index contributed by atoms with van der Waals surface area (Å²) in [6.45, 7) is 3.58. The maximum Gasteiger partial charge on any atom is 0.229 e. The van der Waals surface area contributed by atoms with Gasteiger partial charge in [-0.2, -0.15) is 4.98 Å². The highest BCUT2D eigenvalue weighted by atomic mass is 32.2. The highest BCUT2D eigenvalue weighted by molar-refractivity contribution is 7.88. The first kappa shape index (κ1) is 25.2. The molecule has 2 aromatic carbocycles. The van der Waals surface area contributed by atoms with Gasteiger partial charge in [-0.05, 0) is 61.9 Å². The third kappa shape index (κ3) is 6.08. The Morgan fingerprint density at radius 2 is 1.95 bits per heavy atom. The van der Waals surface area contributed by atoms with Gasteiger partial charge in [-0.1, -0.05) is 23.8 Å². The predicted octanol–water partition coefficient (Wildman–Crippen LogP) is 5.11. The molecule has 1 aromatic heterocycles. The van der Waals surface area contributed by atoms with Crippen molar-refractivity contribution in [1.29, 1.82) is 0 Å². The van der Waals surface area contributed by atoms with Gasteiger partial charge in [-0.15, -0.1) is 0 Å². The van der Waals surface area contributed by atoms with Crippen molar-refractivity contribution in [2.45, 2.75) is 26.2 Å². The van der Waals surface area contributed by atoms with Crippen LogP contribution in [0, 0.1) is 11.7 Å². The number of ether oxygens (including phenoxy) is 1. The Bertz CT molecular complexity index is 1440. The van der Waals surface area contributed by atoms with Gasteiger partial charge in [0.2, 0.25) is 16.0 Å². The van der Waals surface area contributed by atoms with Crippen LogP contribution in [0.1, 0.15) is 30.9 Å². The van der Waals surface area contributed by atoms with Crippen LogP contribution in [0.5, 0.6) is 5.75 Å². The number of hydrogen-bond donors (Lipinski definition) is 2. The van der Waals surface area contributed by atoms with Crippen LogP contribution in [0.15, 0.2) is 54.2 Å². The van der Waals surface area contributed by atoms with Crippen LogP contribution in [0.25, 0.3) is 6.08 Å². The average molecular weight is 524 g/mol. The van der Waals surface area contributed by atoms with Crippen molar-refractivity contribution < 1.29 is 17.5 Å². The minimum absolute atomic E-state index is 0.283. The Kier molecular flexibility index (Phi) is 7.12. The summed E-state index contributed by atoms with van der Waals surface area (Å²) >= 11 is 0. The second-order valence-corrected chi connectivity index (χ2v) is 11.6. The molecule has 0 spiro atoms. The van der Waals surface area contributed by atoms with E-state index in [0.717, 1.165) is 36.1 Å².